The Hall–Kier alpha value is -2.30. The van der Waals surface area contributed by atoms with Gasteiger partial charge in [-0.25, -0.2) is 4.79 Å². The Morgan fingerprint density at radius 2 is 2.10 bits per heavy atom. The highest BCUT2D eigenvalue weighted by Crippen LogP contribution is 2.32. The zero-order chi connectivity index (χ0) is 15.2. The topological polar surface area (TPSA) is 70.8 Å². The van der Waals surface area contributed by atoms with Gasteiger partial charge in [-0.3, -0.25) is 4.79 Å². The van der Waals surface area contributed by atoms with Crippen LogP contribution >= 0.6 is 0 Å². The van der Waals surface area contributed by atoms with Crippen LogP contribution in [0, 0.1) is 6.92 Å². The summed E-state index contributed by atoms with van der Waals surface area (Å²) in [6, 6.07) is 7.36. The maximum atomic E-state index is 12.6. The molecule has 1 aromatic heterocycles. The Morgan fingerprint density at radius 3 is 2.81 bits per heavy atom. The molecule has 0 saturated carbocycles. The number of furan rings is 1. The SMILES string of the molecule is Cc1ccc2oc(C(=O)N3CCCC3(C)C(=O)O)cc2c1. The summed E-state index contributed by atoms with van der Waals surface area (Å²) in [5, 5.41) is 10.2. The quantitative estimate of drug-likeness (QED) is 0.922. The van der Waals surface area contributed by atoms with E-state index in [9.17, 15) is 14.7 Å². The van der Waals surface area contributed by atoms with Crippen molar-refractivity contribution in [2.75, 3.05) is 6.54 Å². The minimum atomic E-state index is -1.15. The van der Waals surface area contributed by atoms with Crippen LogP contribution < -0.4 is 0 Å². The first-order valence-corrected chi connectivity index (χ1v) is 6.97. The van der Waals surface area contributed by atoms with E-state index in [-0.39, 0.29) is 11.7 Å². The Bertz CT molecular complexity index is 733. The lowest BCUT2D eigenvalue weighted by molar-refractivity contribution is -0.147. The standard InChI is InChI=1S/C16H17NO4/c1-10-4-5-12-11(8-10)9-13(21-12)14(18)17-7-3-6-16(17,2)15(19)20/h4-5,8-9H,3,6-7H2,1-2H3,(H,19,20). The fraction of sp³-hybridized carbons (Fsp3) is 0.375. The predicted molar refractivity (Wildman–Crippen MR) is 77.3 cm³/mol. The van der Waals surface area contributed by atoms with E-state index in [0.717, 1.165) is 10.9 Å². The summed E-state index contributed by atoms with van der Waals surface area (Å²) in [4.78, 5) is 25.5. The number of rotatable bonds is 2. The molecule has 2 heterocycles. The number of fused-ring (bicyclic) bond motifs is 1. The summed E-state index contributed by atoms with van der Waals surface area (Å²) in [6.07, 6.45) is 1.15. The van der Waals surface area contributed by atoms with Crippen LogP contribution in [-0.2, 0) is 4.79 Å². The summed E-state index contributed by atoms with van der Waals surface area (Å²) < 4.78 is 5.59. The number of aliphatic carboxylic acids is 1. The molecule has 5 heteroatoms. The molecule has 1 atom stereocenters. The molecule has 1 aliphatic heterocycles. The molecule has 1 aromatic carbocycles. The lowest BCUT2D eigenvalue weighted by Gasteiger charge is -2.30. The van der Waals surface area contributed by atoms with Crippen LogP contribution in [0.15, 0.2) is 28.7 Å². The van der Waals surface area contributed by atoms with Crippen molar-refractivity contribution < 1.29 is 19.1 Å². The van der Waals surface area contributed by atoms with Gasteiger partial charge in [0.1, 0.15) is 11.1 Å². The summed E-state index contributed by atoms with van der Waals surface area (Å²) in [6.45, 7) is 4.00. The van der Waals surface area contributed by atoms with E-state index in [4.69, 9.17) is 4.42 Å². The summed E-state index contributed by atoms with van der Waals surface area (Å²) in [5.74, 6) is -1.13. The van der Waals surface area contributed by atoms with Gasteiger partial charge in [0.05, 0.1) is 0 Å². The summed E-state index contributed by atoms with van der Waals surface area (Å²) >= 11 is 0. The molecule has 1 N–H and O–H groups in total. The van der Waals surface area contributed by atoms with Gasteiger partial charge in [-0.1, -0.05) is 11.6 Å². The first-order chi connectivity index (χ1) is 9.91. The zero-order valence-electron chi connectivity index (χ0n) is 12.0. The fourth-order valence-electron chi connectivity index (χ4n) is 2.91. The lowest BCUT2D eigenvalue weighted by Crippen LogP contribution is -2.50. The minimum Gasteiger partial charge on any atom is -0.480 e. The highest BCUT2D eigenvalue weighted by atomic mass is 16.4. The molecule has 1 aliphatic rings. The van der Waals surface area contributed by atoms with Crippen molar-refractivity contribution in [2.45, 2.75) is 32.2 Å². The number of carboxylic acid groups (broad SMARTS) is 1. The van der Waals surface area contributed by atoms with Gasteiger partial charge < -0.3 is 14.4 Å². The Kier molecular flexibility index (Phi) is 3.01. The molecular weight excluding hydrogens is 270 g/mol. The van der Waals surface area contributed by atoms with E-state index in [1.165, 1.54) is 4.90 Å². The van der Waals surface area contributed by atoms with E-state index >= 15 is 0 Å². The minimum absolute atomic E-state index is 0.199. The summed E-state index contributed by atoms with van der Waals surface area (Å²) in [5.41, 5.74) is 0.574. The van der Waals surface area contributed by atoms with Crippen LogP contribution in [0.2, 0.25) is 0 Å². The van der Waals surface area contributed by atoms with Gasteiger partial charge in [-0.15, -0.1) is 0 Å². The van der Waals surface area contributed by atoms with Crippen molar-refractivity contribution >= 4 is 22.8 Å². The zero-order valence-corrected chi connectivity index (χ0v) is 12.0. The van der Waals surface area contributed by atoms with Crippen LogP contribution in [-0.4, -0.2) is 34.0 Å². The molecule has 0 bridgehead atoms. The number of benzene rings is 1. The lowest BCUT2D eigenvalue weighted by atomic mass is 9.99. The maximum Gasteiger partial charge on any atom is 0.329 e. The van der Waals surface area contributed by atoms with Crippen molar-refractivity contribution in [3.8, 4) is 0 Å². The van der Waals surface area contributed by atoms with Gasteiger partial charge in [0.2, 0.25) is 0 Å². The monoisotopic (exact) mass is 287 g/mol. The van der Waals surface area contributed by atoms with Crippen molar-refractivity contribution in [1.82, 2.24) is 4.90 Å². The smallest absolute Gasteiger partial charge is 0.329 e. The maximum absolute atomic E-state index is 12.6. The Labute approximate surface area is 122 Å². The fourth-order valence-corrected chi connectivity index (χ4v) is 2.91. The normalized spacial score (nSPS) is 21.9. The largest absolute Gasteiger partial charge is 0.480 e. The van der Waals surface area contributed by atoms with Gasteiger partial charge in [0.25, 0.3) is 5.91 Å². The molecule has 1 amide bonds. The second-order valence-electron chi connectivity index (χ2n) is 5.79. The molecule has 0 radical (unpaired) electrons. The number of carbonyl (C=O) groups excluding carboxylic acids is 1. The predicted octanol–water partition coefficient (Wildman–Crippen LogP) is 2.82. The van der Waals surface area contributed by atoms with E-state index < -0.39 is 11.5 Å². The van der Waals surface area contributed by atoms with Gasteiger partial charge in [-0.05, 0) is 44.9 Å². The second-order valence-corrected chi connectivity index (χ2v) is 5.79. The first-order valence-electron chi connectivity index (χ1n) is 6.97. The van der Waals surface area contributed by atoms with Gasteiger partial charge in [-0.2, -0.15) is 0 Å². The molecule has 110 valence electrons. The molecule has 21 heavy (non-hydrogen) atoms. The molecule has 1 saturated heterocycles. The first kappa shape index (κ1) is 13.7. The van der Waals surface area contributed by atoms with Crippen LogP contribution in [0.25, 0.3) is 11.0 Å². The van der Waals surface area contributed by atoms with E-state index in [1.54, 1.807) is 13.0 Å². The molecule has 3 rings (SSSR count). The average molecular weight is 287 g/mol. The van der Waals surface area contributed by atoms with Crippen molar-refractivity contribution in [2.24, 2.45) is 0 Å². The number of aryl methyl sites for hydroxylation is 1. The van der Waals surface area contributed by atoms with Crippen molar-refractivity contribution in [1.29, 1.82) is 0 Å². The third-order valence-electron chi connectivity index (χ3n) is 4.23. The molecule has 0 spiro atoms. The average Bonchev–Trinajstić information content (AvgIpc) is 3.01. The third-order valence-corrected chi connectivity index (χ3v) is 4.23. The van der Waals surface area contributed by atoms with Gasteiger partial charge in [0, 0.05) is 11.9 Å². The Morgan fingerprint density at radius 1 is 1.33 bits per heavy atom. The number of nitrogens with zero attached hydrogens (tertiary/aromatic N) is 1. The number of likely N-dealkylation sites (tertiary alicyclic amines) is 1. The van der Waals surface area contributed by atoms with Crippen LogP contribution in [0.1, 0.15) is 35.9 Å². The molecule has 0 aliphatic carbocycles. The van der Waals surface area contributed by atoms with Crippen LogP contribution in [0.5, 0.6) is 0 Å². The molecule has 2 aromatic rings. The number of hydrogen-bond donors (Lipinski definition) is 1. The molecule has 1 fully saturated rings. The summed E-state index contributed by atoms with van der Waals surface area (Å²) in [7, 11) is 0. The van der Waals surface area contributed by atoms with Gasteiger partial charge >= 0.3 is 5.97 Å². The van der Waals surface area contributed by atoms with E-state index in [0.29, 0.717) is 25.0 Å². The number of carbonyl (C=O) groups is 2. The Balaban J connectivity index is 1.98. The second kappa shape index (κ2) is 4.62. The van der Waals surface area contributed by atoms with Crippen molar-refractivity contribution in [3.05, 3.63) is 35.6 Å². The number of hydrogen-bond acceptors (Lipinski definition) is 3. The number of carboxylic acids is 1. The third kappa shape index (κ3) is 2.09. The van der Waals surface area contributed by atoms with E-state index in [1.807, 2.05) is 25.1 Å². The van der Waals surface area contributed by atoms with E-state index in [2.05, 4.69) is 0 Å². The van der Waals surface area contributed by atoms with Crippen LogP contribution in [0.4, 0.5) is 0 Å². The highest BCUT2D eigenvalue weighted by molar-refractivity contribution is 5.99. The molecule has 5 nitrogen and oxygen atoms in total. The van der Waals surface area contributed by atoms with Crippen molar-refractivity contribution in [3.63, 3.8) is 0 Å². The molecular formula is C16H17NO4. The van der Waals surface area contributed by atoms with Crippen LogP contribution in [0.3, 0.4) is 0 Å². The highest BCUT2D eigenvalue weighted by Gasteiger charge is 2.46. The van der Waals surface area contributed by atoms with Gasteiger partial charge in [0.15, 0.2) is 5.76 Å². The molecule has 1 unspecified atom stereocenters. The number of amides is 1.